The van der Waals surface area contributed by atoms with E-state index in [-0.39, 0.29) is 0 Å². The summed E-state index contributed by atoms with van der Waals surface area (Å²) in [5, 5.41) is 0. The van der Waals surface area contributed by atoms with Gasteiger partial charge in [0, 0.05) is 93.0 Å². The monoisotopic (exact) mass is 921 g/mol. The van der Waals surface area contributed by atoms with E-state index in [0.717, 1.165) is 116 Å². The van der Waals surface area contributed by atoms with Gasteiger partial charge in [0.1, 0.15) is 0 Å². The maximum atomic E-state index is 4.28. The van der Waals surface area contributed by atoms with Gasteiger partial charge >= 0.3 is 0 Å². The highest BCUT2D eigenvalue weighted by Gasteiger charge is 1.97. The zero-order valence-corrected chi connectivity index (χ0v) is 43.4. The summed E-state index contributed by atoms with van der Waals surface area (Å²) >= 11 is 0. The van der Waals surface area contributed by atoms with Crippen LogP contribution in [-0.2, 0) is 19.3 Å². The first-order valence-electron chi connectivity index (χ1n) is 22.5. The van der Waals surface area contributed by atoms with Crippen LogP contribution in [0, 0.1) is 96.9 Å². The Labute approximate surface area is 405 Å². The van der Waals surface area contributed by atoms with Crippen LogP contribution < -0.4 is 0 Å². The van der Waals surface area contributed by atoms with Gasteiger partial charge in [-0.25, -0.2) is 0 Å². The van der Waals surface area contributed by atoms with Crippen LogP contribution in [0.2, 0.25) is 0 Å². The van der Waals surface area contributed by atoms with Gasteiger partial charge in [0.25, 0.3) is 0 Å². The molecule has 8 aromatic heterocycles. The van der Waals surface area contributed by atoms with Gasteiger partial charge < -0.3 is 0 Å². The number of rotatable bonds is 3. The van der Waals surface area contributed by atoms with Gasteiger partial charge in [-0.2, -0.15) is 0 Å². The molecule has 0 saturated heterocycles. The Balaban J connectivity index is 0.000000389. The lowest BCUT2D eigenvalue weighted by Gasteiger charge is -1.99. The molecule has 0 amide bonds. The van der Waals surface area contributed by atoms with Crippen molar-refractivity contribution in [1.29, 1.82) is 0 Å². The van der Waals surface area contributed by atoms with Crippen LogP contribution in [0.5, 0.6) is 0 Å². The number of hydrogen-bond acceptors (Lipinski definition) is 16. The van der Waals surface area contributed by atoms with E-state index in [4.69, 9.17) is 0 Å². The second-order valence-electron chi connectivity index (χ2n) is 15.2. The lowest BCUT2D eigenvalue weighted by atomic mass is 10.2. The fraction of sp³-hybridized carbons (Fsp3) is 0.385. The lowest BCUT2D eigenvalue weighted by Crippen LogP contribution is -1.96. The fourth-order valence-electron chi connectivity index (χ4n) is 4.91. The van der Waals surface area contributed by atoms with Gasteiger partial charge in [-0.1, -0.05) is 20.8 Å². The average Bonchev–Trinajstić information content (AvgIpc) is 3.32. The second kappa shape index (κ2) is 34.0. The minimum Gasteiger partial charge on any atom is -0.261 e. The van der Waals surface area contributed by atoms with Gasteiger partial charge in [0.05, 0.1) is 96.8 Å². The molecular weight excluding hydrogens is 849 g/mol. The zero-order valence-electron chi connectivity index (χ0n) is 43.4. The Morgan fingerprint density at radius 2 is 0.632 bits per heavy atom. The first-order chi connectivity index (χ1) is 32.4. The van der Waals surface area contributed by atoms with Crippen LogP contribution in [-0.4, -0.2) is 79.7 Å². The molecule has 0 aliphatic carbocycles. The zero-order chi connectivity index (χ0) is 50.9. The van der Waals surface area contributed by atoms with Gasteiger partial charge in [0.15, 0.2) is 0 Å². The summed E-state index contributed by atoms with van der Waals surface area (Å²) in [6, 6.07) is 0. The number of aromatic nitrogens is 16. The highest BCUT2D eigenvalue weighted by atomic mass is 14.8. The van der Waals surface area contributed by atoms with E-state index in [9.17, 15) is 0 Å². The molecule has 68 heavy (non-hydrogen) atoms. The molecule has 8 aromatic rings. The fourth-order valence-corrected chi connectivity index (χ4v) is 4.91. The van der Waals surface area contributed by atoms with Crippen LogP contribution >= 0.6 is 0 Å². The minimum atomic E-state index is 0.961. The van der Waals surface area contributed by atoms with Crippen molar-refractivity contribution in [2.45, 2.75) is 137 Å². The minimum absolute atomic E-state index is 0.961. The lowest BCUT2D eigenvalue weighted by molar-refractivity contribution is 0.935. The van der Waals surface area contributed by atoms with E-state index >= 15 is 0 Å². The third-order valence-corrected chi connectivity index (χ3v) is 8.94. The quantitative estimate of drug-likeness (QED) is 0.162. The van der Waals surface area contributed by atoms with Gasteiger partial charge in [-0.15, -0.1) is 0 Å². The summed E-state index contributed by atoms with van der Waals surface area (Å²) in [5.41, 5.74) is 17.2. The maximum absolute atomic E-state index is 4.28. The smallest absolute Gasteiger partial charge is 0.0613 e. The number of hydrogen-bond donors (Lipinski definition) is 0. The molecule has 16 nitrogen and oxygen atoms in total. The molecular formula is C52H72N16. The Morgan fingerprint density at radius 1 is 0.250 bits per heavy atom. The van der Waals surface area contributed by atoms with E-state index in [1.807, 2.05) is 109 Å². The maximum Gasteiger partial charge on any atom is 0.0613 e. The van der Waals surface area contributed by atoms with Crippen molar-refractivity contribution in [1.82, 2.24) is 79.7 Å². The second-order valence-corrected chi connectivity index (χ2v) is 15.2. The average molecular weight is 921 g/mol. The van der Waals surface area contributed by atoms with E-state index < -0.39 is 0 Å². The van der Waals surface area contributed by atoms with Crippen LogP contribution in [0.15, 0.2) is 93.0 Å². The van der Waals surface area contributed by atoms with Crippen LogP contribution in [0.1, 0.15) is 118 Å². The SMILES string of the molecule is CCc1cnc(C)cn1.CCc1ncc(C)nc1C.CCc1nccnc1C.Cc1cnc(C)c(C)n1.Cc1cnc(C)cn1.Cc1cncc(C)n1.Cc1cnccn1.Cc1nccnc1C. The number of aryl methyl sites for hydroxylation is 17. The van der Waals surface area contributed by atoms with E-state index in [1.54, 1.807) is 80.6 Å². The van der Waals surface area contributed by atoms with E-state index in [2.05, 4.69) is 101 Å². The summed E-state index contributed by atoms with van der Waals surface area (Å²) in [4.78, 5) is 65.1. The Hall–Kier alpha value is -7.36. The van der Waals surface area contributed by atoms with Gasteiger partial charge in [-0.05, 0) is 116 Å². The Morgan fingerprint density at radius 3 is 0.956 bits per heavy atom. The van der Waals surface area contributed by atoms with Crippen molar-refractivity contribution in [2.24, 2.45) is 0 Å². The molecule has 0 saturated carbocycles. The third-order valence-electron chi connectivity index (χ3n) is 8.94. The highest BCUT2D eigenvalue weighted by Crippen LogP contribution is 2.02. The van der Waals surface area contributed by atoms with Gasteiger partial charge in [-0.3, -0.25) is 79.7 Å². The van der Waals surface area contributed by atoms with Crippen LogP contribution in [0.25, 0.3) is 0 Å². The largest absolute Gasteiger partial charge is 0.261 e. The predicted octanol–water partition coefficient (Wildman–Crippen LogP) is 9.82. The Kier molecular flexibility index (Phi) is 29.3. The molecule has 0 radical (unpaired) electrons. The predicted molar refractivity (Wildman–Crippen MR) is 271 cm³/mol. The van der Waals surface area contributed by atoms with Crippen molar-refractivity contribution in [2.75, 3.05) is 0 Å². The molecule has 0 unspecified atom stereocenters. The Bertz CT molecular complexity index is 2510. The molecule has 360 valence electrons. The molecule has 0 bridgehead atoms. The molecule has 0 aliphatic heterocycles. The van der Waals surface area contributed by atoms with Crippen LogP contribution in [0.4, 0.5) is 0 Å². The van der Waals surface area contributed by atoms with E-state index in [1.165, 1.54) is 0 Å². The summed E-state index contributed by atoms with van der Waals surface area (Å²) < 4.78 is 0. The summed E-state index contributed by atoms with van der Waals surface area (Å²) in [5.74, 6) is 0. The summed E-state index contributed by atoms with van der Waals surface area (Å²) in [6.45, 7) is 33.5. The summed E-state index contributed by atoms with van der Waals surface area (Å²) in [7, 11) is 0. The van der Waals surface area contributed by atoms with Crippen molar-refractivity contribution in [3.8, 4) is 0 Å². The van der Waals surface area contributed by atoms with Crippen LogP contribution in [0.3, 0.4) is 0 Å². The molecule has 0 N–H and O–H groups in total. The molecule has 0 spiro atoms. The first kappa shape index (κ1) is 58.7. The van der Waals surface area contributed by atoms with Crippen molar-refractivity contribution in [3.63, 3.8) is 0 Å². The highest BCUT2D eigenvalue weighted by molar-refractivity contribution is 5.12. The normalized spacial score (nSPS) is 9.43. The third kappa shape index (κ3) is 27.2. The van der Waals surface area contributed by atoms with Gasteiger partial charge in [0.2, 0.25) is 0 Å². The first-order valence-corrected chi connectivity index (χ1v) is 22.5. The molecule has 0 atom stereocenters. The molecule has 0 fully saturated rings. The topological polar surface area (TPSA) is 206 Å². The van der Waals surface area contributed by atoms with Crippen molar-refractivity contribution in [3.05, 3.63) is 190 Å². The standard InChI is InChI=1S/C8H12N2.3C7H10N2.3C6H8N2.C5H6N2/c1-4-8-7(3)10-6(2)5-9-8;1-5-4-8-6(2)7(3)9-5;1-3-7-5-8-6(2)4-9-7;1-3-7-6(2)8-4-5-9-7;1-5-3-8-6(2)4-7-5;1-5-3-7-4-6(2)8-5;1-5-6(2)8-4-3-7-5;1-5-4-6-2-3-7-5/h5H,4H2,1-3H3;4H,1-3H3;2*4-5H,3H2,1-2H3;3*3-4H,1-2H3;2-4H,1H3. The summed E-state index contributed by atoms with van der Waals surface area (Å²) in [6.07, 6.45) is 29.0. The number of nitrogens with zero attached hydrogens (tertiary/aromatic N) is 16. The molecule has 16 heteroatoms. The van der Waals surface area contributed by atoms with E-state index in [0.29, 0.717) is 0 Å². The molecule has 8 heterocycles. The molecule has 0 aliphatic rings. The van der Waals surface area contributed by atoms with Crippen molar-refractivity contribution >= 4 is 0 Å². The molecule has 0 aromatic carbocycles. The molecule has 8 rings (SSSR count). The van der Waals surface area contributed by atoms with Crippen molar-refractivity contribution < 1.29 is 0 Å².